The van der Waals surface area contributed by atoms with Crippen molar-refractivity contribution in [2.24, 2.45) is 0 Å². The molecule has 2 atom stereocenters. The van der Waals surface area contributed by atoms with Crippen LogP contribution in [0.5, 0.6) is 11.5 Å². The predicted octanol–water partition coefficient (Wildman–Crippen LogP) is 3.11. The number of hydrogen-bond acceptors (Lipinski definition) is 4. The Morgan fingerprint density at radius 2 is 1.89 bits per heavy atom. The molecule has 4 nitrogen and oxygen atoms in total. The Morgan fingerprint density at radius 1 is 1.28 bits per heavy atom. The van der Waals surface area contributed by atoms with Crippen LogP contribution in [0, 0.1) is 3.57 Å². The molecule has 2 unspecified atom stereocenters. The molecule has 0 spiro atoms. The first-order chi connectivity index (χ1) is 8.49. The van der Waals surface area contributed by atoms with Gasteiger partial charge in [-0.25, -0.2) is 0 Å². The molecule has 1 aromatic rings. The van der Waals surface area contributed by atoms with Crippen molar-refractivity contribution in [2.75, 3.05) is 13.7 Å². The number of benzene rings is 1. The van der Waals surface area contributed by atoms with Crippen molar-refractivity contribution in [1.82, 2.24) is 0 Å². The molecule has 5 heteroatoms. The molecule has 0 aliphatic rings. The summed E-state index contributed by atoms with van der Waals surface area (Å²) in [5, 5.41) is 9.65. The summed E-state index contributed by atoms with van der Waals surface area (Å²) >= 11 is 2.16. The molecule has 102 valence electrons. The quantitative estimate of drug-likeness (QED) is 0.621. The Kier molecular flexibility index (Phi) is 6.17. The van der Waals surface area contributed by atoms with E-state index in [-0.39, 0.29) is 6.29 Å². The molecule has 1 rings (SSSR count). The van der Waals surface area contributed by atoms with Crippen LogP contribution in [0.15, 0.2) is 12.1 Å². The Morgan fingerprint density at radius 3 is 2.39 bits per heavy atom. The fourth-order valence-electron chi connectivity index (χ4n) is 1.52. The SMILES string of the molecule is CCOC(C)Oc1cc(C(C)O)cc(OC)c1I. The lowest BCUT2D eigenvalue weighted by Crippen LogP contribution is -2.17. The molecule has 1 aromatic carbocycles. The van der Waals surface area contributed by atoms with E-state index in [1.165, 1.54) is 0 Å². The molecule has 0 saturated carbocycles. The van der Waals surface area contributed by atoms with Crippen LogP contribution in [0.3, 0.4) is 0 Å². The summed E-state index contributed by atoms with van der Waals surface area (Å²) in [5.41, 5.74) is 0.756. The first-order valence-electron chi connectivity index (χ1n) is 5.83. The third-order valence-corrected chi connectivity index (χ3v) is 3.49. The van der Waals surface area contributed by atoms with Gasteiger partial charge in [-0.2, -0.15) is 0 Å². The van der Waals surface area contributed by atoms with Gasteiger partial charge in [-0.15, -0.1) is 0 Å². The topological polar surface area (TPSA) is 47.9 Å². The van der Waals surface area contributed by atoms with Crippen molar-refractivity contribution in [3.8, 4) is 11.5 Å². The lowest BCUT2D eigenvalue weighted by Gasteiger charge is -2.18. The number of aliphatic hydroxyl groups is 1. The zero-order valence-electron chi connectivity index (χ0n) is 11.1. The van der Waals surface area contributed by atoms with Gasteiger partial charge in [0.05, 0.1) is 16.8 Å². The molecule has 0 heterocycles. The van der Waals surface area contributed by atoms with Gasteiger partial charge < -0.3 is 19.3 Å². The van der Waals surface area contributed by atoms with Crippen LogP contribution < -0.4 is 9.47 Å². The van der Waals surface area contributed by atoms with Gasteiger partial charge >= 0.3 is 0 Å². The number of halogens is 1. The second-order valence-electron chi connectivity index (χ2n) is 3.85. The monoisotopic (exact) mass is 366 g/mol. The summed E-state index contributed by atoms with van der Waals surface area (Å²) in [6.07, 6.45) is -0.905. The highest BCUT2D eigenvalue weighted by atomic mass is 127. The maximum atomic E-state index is 9.65. The standard InChI is InChI=1S/C13H19IO4/c1-5-17-9(3)18-12-7-10(8(2)15)6-11(16-4)13(12)14/h6-9,15H,5H2,1-4H3. The Hall–Kier alpha value is -0.530. The van der Waals surface area contributed by atoms with Gasteiger partial charge in [0.2, 0.25) is 0 Å². The number of ether oxygens (including phenoxy) is 3. The molecule has 0 amide bonds. The first kappa shape index (κ1) is 15.5. The Bertz CT molecular complexity index is 393. The highest BCUT2D eigenvalue weighted by molar-refractivity contribution is 14.1. The van der Waals surface area contributed by atoms with E-state index >= 15 is 0 Å². The van der Waals surface area contributed by atoms with Gasteiger partial charge in [-0.3, -0.25) is 0 Å². The van der Waals surface area contributed by atoms with Crippen LogP contribution in [-0.4, -0.2) is 25.1 Å². The highest BCUT2D eigenvalue weighted by Gasteiger charge is 2.15. The molecule has 0 fully saturated rings. The summed E-state index contributed by atoms with van der Waals surface area (Å²) in [4.78, 5) is 0. The van der Waals surface area contributed by atoms with Crippen LogP contribution in [0.1, 0.15) is 32.4 Å². The minimum Gasteiger partial charge on any atom is -0.495 e. The van der Waals surface area contributed by atoms with Gasteiger partial charge in [0.25, 0.3) is 0 Å². The molecule has 0 aliphatic heterocycles. The third kappa shape index (κ3) is 4.00. The van der Waals surface area contributed by atoms with Crippen LogP contribution in [0.25, 0.3) is 0 Å². The lowest BCUT2D eigenvalue weighted by atomic mass is 10.1. The molecular weight excluding hydrogens is 347 g/mol. The van der Waals surface area contributed by atoms with Crippen molar-refractivity contribution in [2.45, 2.75) is 33.2 Å². The fourth-order valence-corrected chi connectivity index (χ4v) is 2.17. The van der Waals surface area contributed by atoms with Crippen molar-refractivity contribution in [3.63, 3.8) is 0 Å². The molecule has 18 heavy (non-hydrogen) atoms. The highest BCUT2D eigenvalue weighted by Crippen LogP contribution is 2.34. The van der Waals surface area contributed by atoms with Crippen LogP contribution in [0.2, 0.25) is 0 Å². The summed E-state index contributed by atoms with van der Waals surface area (Å²) < 4.78 is 17.2. The lowest BCUT2D eigenvalue weighted by molar-refractivity contribution is -0.0619. The summed E-state index contributed by atoms with van der Waals surface area (Å²) in [6, 6.07) is 3.62. The zero-order chi connectivity index (χ0) is 13.7. The molecule has 0 aromatic heterocycles. The summed E-state index contributed by atoms with van der Waals surface area (Å²) in [7, 11) is 1.60. The molecule has 0 radical (unpaired) electrons. The van der Waals surface area contributed by atoms with Crippen LogP contribution in [0.4, 0.5) is 0 Å². The normalized spacial score (nSPS) is 14.1. The smallest absolute Gasteiger partial charge is 0.197 e. The second kappa shape index (κ2) is 7.16. The number of hydrogen-bond donors (Lipinski definition) is 1. The van der Waals surface area contributed by atoms with E-state index in [9.17, 15) is 5.11 Å². The Balaban J connectivity index is 3.04. The number of methoxy groups -OCH3 is 1. The largest absolute Gasteiger partial charge is 0.495 e. The summed E-state index contributed by atoms with van der Waals surface area (Å²) in [5.74, 6) is 1.35. The molecule has 0 bridgehead atoms. The Labute approximate surface area is 121 Å². The first-order valence-corrected chi connectivity index (χ1v) is 6.91. The van der Waals surface area contributed by atoms with Crippen LogP contribution >= 0.6 is 22.6 Å². The van der Waals surface area contributed by atoms with E-state index in [2.05, 4.69) is 22.6 Å². The second-order valence-corrected chi connectivity index (χ2v) is 4.93. The third-order valence-electron chi connectivity index (χ3n) is 2.42. The maximum Gasteiger partial charge on any atom is 0.197 e. The van der Waals surface area contributed by atoms with E-state index < -0.39 is 6.10 Å². The zero-order valence-corrected chi connectivity index (χ0v) is 13.2. The molecule has 0 aliphatic carbocycles. The van der Waals surface area contributed by atoms with E-state index in [0.717, 1.165) is 9.13 Å². The van der Waals surface area contributed by atoms with E-state index in [1.54, 1.807) is 14.0 Å². The van der Waals surface area contributed by atoms with Crippen molar-refractivity contribution in [3.05, 3.63) is 21.3 Å². The van der Waals surface area contributed by atoms with Crippen molar-refractivity contribution < 1.29 is 19.3 Å². The molecular formula is C13H19IO4. The van der Waals surface area contributed by atoms with Gasteiger partial charge in [-0.05, 0) is 61.1 Å². The van der Waals surface area contributed by atoms with E-state index in [4.69, 9.17) is 14.2 Å². The minimum atomic E-state index is -0.569. The van der Waals surface area contributed by atoms with Gasteiger partial charge in [0.15, 0.2) is 6.29 Å². The number of aliphatic hydroxyl groups excluding tert-OH is 1. The van der Waals surface area contributed by atoms with Crippen molar-refractivity contribution in [1.29, 1.82) is 0 Å². The van der Waals surface area contributed by atoms with Crippen LogP contribution in [-0.2, 0) is 4.74 Å². The average Bonchev–Trinajstić information content (AvgIpc) is 2.31. The van der Waals surface area contributed by atoms with Gasteiger partial charge in [0, 0.05) is 6.61 Å². The average molecular weight is 366 g/mol. The minimum absolute atomic E-state index is 0.336. The van der Waals surface area contributed by atoms with Crippen molar-refractivity contribution >= 4 is 22.6 Å². The van der Waals surface area contributed by atoms with E-state index in [1.807, 2.05) is 26.0 Å². The van der Waals surface area contributed by atoms with Gasteiger partial charge in [-0.1, -0.05) is 0 Å². The fraction of sp³-hybridized carbons (Fsp3) is 0.538. The van der Waals surface area contributed by atoms with E-state index in [0.29, 0.717) is 18.1 Å². The molecule has 1 N–H and O–H groups in total. The van der Waals surface area contributed by atoms with Gasteiger partial charge in [0.1, 0.15) is 11.5 Å². The summed E-state index contributed by atoms with van der Waals surface area (Å²) in [6.45, 7) is 6.04. The predicted molar refractivity (Wildman–Crippen MR) is 78.1 cm³/mol. The molecule has 0 saturated heterocycles. The maximum absolute atomic E-state index is 9.65. The number of rotatable bonds is 6.